The van der Waals surface area contributed by atoms with Crippen molar-refractivity contribution in [1.82, 2.24) is 4.98 Å². The maximum absolute atomic E-state index is 13.0. The zero-order valence-electron chi connectivity index (χ0n) is 17.2. The van der Waals surface area contributed by atoms with Crippen LogP contribution in [0.4, 0.5) is 10.1 Å². The van der Waals surface area contributed by atoms with Crippen LogP contribution >= 0.6 is 0 Å². The summed E-state index contributed by atoms with van der Waals surface area (Å²) in [4.78, 5) is 29.6. The molecule has 0 radical (unpaired) electrons. The minimum absolute atomic E-state index is 0.302. The van der Waals surface area contributed by atoms with Crippen molar-refractivity contribution >= 4 is 28.5 Å². The highest BCUT2D eigenvalue weighted by atomic mass is 19.1. The van der Waals surface area contributed by atoms with Crippen molar-refractivity contribution in [1.29, 1.82) is 0 Å². The zero-order valence-corrected chi connectivity index (χ0v) is 17.2. The van der Waals surface area contributed by atoms with Crippen LogP contribution in [0.3, 0.4) is 0 Å². The highest BCUT2D eigenvalue weighted by molar-refractivity contribution is 6.05. The molecule has 0 bridgehead atoms. The third-order valence-corrected chi connectivity index (χ3v) is 4.78. The van der Waals surface area contributed by atoms with E-state index in [2.05, 4.69) is 10.3 Å². The maximum Gasteiger partial charge on any atom is 0.339 e. The highest BCUT2D eigenvalue weighted by Gasteiger charge is 2.17. The van der Waals surface area contributed by atoms with Gasteiger partial charge in [-0.15, -0.1) is 0 Å². The number of methoxy groups -OCH3 is 1. The van der Waals surface area contributed by atoms with Crippen molar-refractivity contribution in [3.05, 3.63) is 90.2 Å². The highest BCUT2D eigenvalue weighted by Crippen LogP contribution is 2.26. The number of carbonyl (C=O) groups is 2. The van der Waals surface area contributed by atoms with E-state index in [0.717, 1.165) is 5.56 Å². The first-order valence-electron chi connectivity index (χ1n) is 9.80. The number of fused-ring (bicyclic) bond motifs is 1. The largest absolute Gasteiger partial charge is 0.497 e. The van der Waals surface area contributed by atoms with Crippen LogP contribution in [-0.4, -0.2) is 30.6 Å². The second-order valence-electron chi connectivity index (χ2n) is 6.93. The zero-order chi connectivity index (χ0) is 22.5. The molecule has 1 heterocycles. The molecule has 6 nitrogen and oxygen atoms in total. The number of halogens is 1. The molecule has 3 aromatic carbocycles. The lowest BCUT2D eigenvalue weighted by molar-refractivity contribution is -0.119. The molecular formula is C25H19FN2O4. The minimum Gasteiger partial charge on any atom is -0.497 e. The van der Waals surface area contributed by atoms with Gasteiger partial charge in [0.2, 0.25) is 0 Å². The SMILES string of the molecule is COc1ccc(-c2cc(C(=O)OCC(=O)Nc3ccc(F)cc3)c3ccccc3n2)cc1. The molecule has 0 spiro atoms. The van der Waals surface area contributed by atoms with Crippen LogP contribution in [0.25, 0.3) is 22.2 Å². The Morgan fingerprint density at radius 3 is 2.41 bits per heavy atom. The topological polar surface area (TPSA) is 77.5 Å². The number of nitrogens with zero attached hydrogens (tertiary/aromatic N) is 1. The number of aromatic nitrogens is 1. The Morgan fingerprint density at radius 1 is 0.969 bits per heavy atom. The smallest absolute Gasteiger partial charge is 0.339 e. The summed E-state index contributed by atoms with van der Waals surface area (Å²) in [6.45, 7) is -0.481. The number of esters is 1. The number of benzene rings is 3. The van der Waals surface area contributed by atoms with E-state index in [0.29, 0.717) is 33.6 Å². The first-order chi connectivity index (χ1) is 15.5. The molecule has 0 atom stereocenters. The predicted octanol–water partition coefficient (Wildman–Crippen LogP) is 4.85. The molecule has 1 amide bonds. The molecule has 0 aliphatic rings. The van der Waals surface area contributed by atoms with Gasteiger partial charge in [-0.3, -0.25) is 4.79 Å². The van der Waals surface area contributed by atoms with Crippen molar-refractivity contribution in [2.24, 2.45) is 0 Å². The normalized spacial score (nSPS) is 10.6. The molecule has 32 heavy (non-hydrogen) atoms. The molecule has 4 aromatic rings. The lowest BCUT2D eigenvalue weighted by Crippen LogP contribution is -2.21. The molecule has 160 valence electrons. The molecule has 0 fully saturated rings. The van der Waals surface area contributed by atoms with Crippen LogP contribution in [0.2, 0.25) is 0 Å². The fourth-order valence-electron chi connectivity index (χ4n) is 3.19. The fraction of sp³-hybridized carbons (Fsp3) is 0.0800. The van der Waals surface area contributed by atoms with Crippen LogP contribution < -0.4 is 10.1 Å². The van der Waals surface area contributed by atoms with E-state index in [4.69, 9.17) is 9.47 Å². The Kier molecular flexibility index (Phi) is 6.07. The molecule has 4 rings (SSSR count). The van der Waals surface area contributed by atoms with Crippen molar-refractivity contribution < 1.29 is 23.5 Å². The maximum atomic E-state index is 13.0. The van der Waals surface area contributed by atoms with Gasteiger partial charge in [-0.2, -0.15) is 0 Å². The summed E-state index contributed by atoms with van der Waals surface area (Å²) in [5.74, 6) is -0.876. The van der Waals surface area contributed by atoms with E-state index in [9.17, 15) is 14.0 Å². The number of rotatable bonds is 6. The van der Waals surface area contributed by atoms with Gasteiger partial charge < -0.3 is 14.8 Å². The summed E-state index contributed by atoms with van der Waals surface area (Å²) in [6.07, 6.45) is 0. The van der Waals surface area contributed by atoms with Crippen LogP contribution in [0.1, 0.15) is 10.4 Å². The van der Waals surface area contributed by atoms with Gasteiger partial charge in [-0.05, 0) is 60.7 Å². The van der Waals surface area contributed by atoms with Crippen molar-refractivity contribution in [2.45, 2.75) is 0 Å². The number of hydrogen-bond acceptors (Lipinski definition) is 5. The molecule has 0 saturated heterocycles. The summed E-state index contributed by atoms with van der Waals surface area (Å²) in [7, 11) is 1.59. The van der Waals surface area contributed by atoms with E-state index >= 15 is 0 Å². The van der Waals surface area contributed by atoms with Gasteiger partial charge in [0.05, 0.1) is 23.9 Å². The number of carbonyl (C=O) groups excluding carboxylic acids is 2. The van der Waals surface area contributed by atoms with E-state index < -0.39 is 24.3 Å². The third kappa shape index (κ3) is 4.73. The Hall–Kier alpha value is -4.26. The van der Waals surface area contributed by atoms with Crippen molar-refractivity contribution in [3.8, 4) is 17.0 Å². The van der Waals surface area contributed by atoms with Gasteiger partial charge in [0.15, 0.2) is 6.61 Å². The predicted molar refractivity (Wildman–Crippen MR) is 119 cm³/mol. The van der Waals surface area contributed by atoms with E-state index in [-0.39, 0.29) is 0 Å². The number of anilines is 1. The summed E-state index contributed by atoms with van der Waals surface area (Å²) in [5.41, 5.74) is 2.73. The molecule has 0 unspecified atom stereocenters. The number of amides is 1. The average Bonchev–Trinajstić information content (AvgIpc) is 2.83. The Bertz CT molecular complexity index is 1270. The van der Waals surface area contributed by atoms with Crippen LogP contribution in [0.5, 0.6) is 5.75 Å². The van der Waals surface area contributed by atoms with Crippen molar-refractivity contribution in [2.75, 3.05) is 19.0 Å². The first-order valence-corrected chi connectivity index (χ1v) is 9.80. The monoisotopic (exact) mass is 430 g/mol. The van der Waals surface area contributed by atoms with Crippen LogP contribution in [0.15, 0.2) is 78.9 Å². The molecule has 7 heteroatoms. The quantitative estimate of drug-likeness (QED) is 0.443. The summed E-state index contributed by atoms with van der Waals surface area (Å²) >= 11 is 0. The number of hydrogen-bond donors (Lipinski definition) is 1. The number of ether oxygens (including phenoxy) is 2. The third-order valence-electron chi connectivity index (χ3n) is 4.78. The van der Waals surface area contributed by atoms with Gasteiger partial charge in [-0.1, -0.05) is 18.2 Å². The minimum atomic E-state index is -0.646. The molecule has 1 N–H and O–H groups in total. The van der Waals surface area contributed by atoms with E-state index in [1.165, 1.54) is 24.3 Å². The second kappa shape index (κ2) is 9.26. The van der Waals surface area contributed by atoms with Gasteiger partial charge >= 0.3 is 5.97 Å². The molecule has 0 aliphatic heterocycles. The molecule has 1 aromatic heterocycles. The lowest BCUT2D eigenvalue weighted by Gasteiger charge is -2.11. The fourth-order valence-corrected chi connectivity index (χ4v) is 3.19. The number of para-hydroxylation sites is 1. The Morgan fingerprint density at radius 2 is 1.69 bits per heavy atom. The first kappa shape index (κ1) is 21.0. The van der Waals surface area contributed by atoms with Gasteiger partial charge in [0, 0.05) is 16.6 Å². The summed E-state index contributed by atoms with van der Waals surface area (Å²) < 4.78 is 23.4. The van der Waals surface area contributed by atoms with Gasteiger partial charge in [-0.25, -0.2) is 14.2 Å². The van der Waals surface area contributed by atoms with Gasteiger partial charge in [0.25, 0.3) is 5.91 Å². The second-order valence-corrected chi connectivity index (χ2v) is 6.93. The Balaban J connectivity index is 1.55. The molecule has 0 saturated carbocycles. The number of pyridine rings is 1. The summed E-state index contributed by atoms with van der Waals surface area (Å²) in [6, 6.07) is 21.5. The van der Waals surface area contributed by atoms with E-state index in [1.54, 1.807) is 31.4 Å². The van der Waals surface area contributed by atoms with Crippen LogP contribution in [0, 0.1) is 5.82 Å². The summed E-state index contributed by atoms with van der Waals surface area (Å²) in [5, 5.41) is 3.17. The Labute approximate surface area is 183 Å². The standard InChI is InChI=1S/C25H19FN2O4/c1-31-19-12-6-16(7-13-19)23-14-21(20-4-2-3-5-22(20)28-23)25(30)32-15-24(29)27-18-10-8-17(26)9-11-18/h2-14H,15H2,1H3,(H,27,29). The van der Waals surface area contributed by atoms with Crippen molar-refractivity contribution in [3.63, 3.8) is 0 Å². The van der Waals surface area contributed by atoms with Crippen LogP contribution in [-0.2, 0) is 9.53 Å². The average molecular weight is 430 g/mol. The van der Waals surface area contributed by atoms with E-state index in [1.807, 2.05) is 30.3 Å². The molecule has 0 aliphatic carbocycles. The number of nitrogens with one attached hydrogen (secondary N) is 1. The molecular weight excluding hydrogens is 411 g/mol. The lowest BCUT2D eigenvalue weighted by atomic mass is 10.0. The van der Waals surface area contributed by atoms with Gasteiger partial charge in [0.1, 0.15) is 11.6 Å².